The van der Waals surface area contributed by atoms with Gasteiger partial charge in [0.1, 0.15) is 19.0 Å². The van der Waals surface area contributed by atoms with Crippen molar-refractivity contribution in [2.75, 3.05) is 38.7 Å². The van der Waals surface area contributed by atoms with Gasteiger partial charge in [0.05, 0.1) is 0 Å². The summed E-state index contributed by atoms with van der Waals surface area (Å²) in [6, 6.07) is 10.6. The van der Waals surface area contributed by atoms with E-state index in [4.69, 9.17) is 14.2 Å². The number of carbonyl (C=O) groups excluding carboxylic acids is 2. The second-order valence-electron chi connectivity index (χ2n) is 6.45. The Balaban J connectivity index is 1.41. The minimum atomic E-state index is -0.288. The molecule has 2 aromatic rings. The van der Waals surface area contributed by atoms with Crippen LogP contribution in [0.25, 0.3) is 0 Å². The maximum atomic E-state index is 12.3. The molecular formula is C20H20N2O5. The van der Waals surface area contributed by atoms with Gasteiger partial charge in [-0.05, 0) is 30.7 Å². The van der Waals surface area contributed by atoms with Crippen molar-refractivity contribution in [1.29, 1.82) is 0 Å². The smallest absolute Gasteiger partial charge is 0.262 e. The third kappa shape index (κ3) is 3.53. The lowest BCUT2D eigenvalue weighted by molar-refractivity contribution is -0.118. The largest absolute Gasteiger partial charge is 0.486 e. The maximum Gasteiger partial charge on any atom is 0.262 e. The van der Waals surface area contributed by atoms with Gasteiger partial charge in [-0.2, -0.15) is 0 Å². The topological polar surface area (TPSA) is 77.1 Å². The lowest BCUT2D eigenvalue weighted by atomic mass is 9.98. The van der Waals surface area contributed by atoms with Crippen LogP contribution in [-0.2, 0) is 11.2 Å². The van der Waals surface area contributed by atoms with Crippen molar-refractivity contribution in [2.24, 2.45) is 0 Å². The van der Waals surface area contributed by atoms with Crippen molar-refractivity contribution >= 4 is 17.5 Å². The van der Waals surface area contributed by atoms with Gasteiger partial charge in [-0.25, -0.2) is 0 Å². The number of nitrogens with one attached hydrogen (secondary N) is 1. The van der Waals surface area contributed by atoms with Crippen LogP contribution in [0.1, 0.15) is 15.9 Å². The number of rotatable bonds is 4. The number of anilines is 1. The number of benzene rings is 2. The average Bonchev–Trinajstić information content (AvgIpc) is 2.69. The summed E-state index contributed by atoms with van der Waals surface area (Å²) >= 11 is 0. The van der Waals surface area contributed by atoms with Crippen LogP contribution < -0.4 is 19.5 Å². The minimum absolute atomic E-state index is 0.0255. The third-order valence-electron chi connectivity index (χ3n) is 4.59. The first-order valence-corrected chi connectivity index (χ1v) is 8.81. The molecule has 0 spiro atoms. The van der Waals surface area contributed by atoms with Crippen molar-refractivity contribution in [3.8, 4) is 17.2 Å². The van der Waals surface area contributed by atoms with Gasteiger partial charge in [0.25, 0.3) is 11.8 Å². The highest BCUT2D eigenvalue weighted by Crippen LogP contribution is 2.32. The van der Waals surface area contributed by atoms with Gasteiger partial charge in [0.2, 0.25) is 0 Å². The standard InChI is InChI=1S/C20H20N2O5/c1-22-8-7-14-15(20(22)24)3-2-4-16(14)27-12-19(23)21-13-5-6-17-18(11-13)26-10-9-25-17/h2-6,11H,7-10,12H2,1H3,(H,21,23). The highest BCUT2D eigenvalue weighted by atomic mass is 16.6. The van der Waals surface area contributed by atoms with Crippen LogP contribution in [0.2, 0.25) is 0 Å². The van der Waals surface area contributed by atoms with E-state index < -0.39 is 0 Å². The molecule has 7 heteroatoms. The van der Waals surface area contributed by atoms with Gasteiger partial charge in [0, 0.05) is 36.5 Å². The summed E-state index contributed by atoms with van der Waals surface area (Å²) in [6.45, 7) is 1.50. The Labute approximate surface area is 156 Å². The lowest BCUT2D eigenvalue weighted by Gasteiger charge is -2.26. The molecule has 0 bridgehead atoms. The van der Waals surface area contributed by atoms with E-state index in [2.05, 4.69) is 5.32 Å². The molecule has 2 amide bonds. The number of nitrogens with zero attached hydrogens (tertiary/aromatic N) is 1. The van der Waals surface area contributed by atoms with Crippen molar-refractivity contribution in [2.45, 2.75) is 6.42 Å². The van der Waals surface area contributed by atoms with E-state index in [0.717, 1.165) is 5.56 Å². The molecule has 0 aliphatic carbocycles. The Hall–Kier alpha value is -3.22. The van der Waals surface area contributed by atoms with Crippen molar-refractivity contribution in [1.82, 2.24) is 4.90 Å². The molecule has 7 nitrogen and oxygen atoms in total. The summed E-state index contributed by atoms with van der Waals surface area (Å²) in [5, 5.41) is 2.78. The number of hydrogen-bond donors (Lipinski definition) is 1. The third-order valence-corrected chi connectivity index (χ3v) is 4.59. The van der Waals surface area contributed by atoms with E-state index in [-0.39, 0.29) is 18.4 Å². The Kier molecular flexibility index (Phi) is 4.58. The zero-order chi connectivity index (χ0) is 18.8. The lowest BCUT2D eigenvalue weighted by Crippen LogP contribution is -2.34. The zero-order valence-electron chi connectivity index (χ0n) is 15.0. The first-order valence-electron chi connectivity index (χ1n) is 8.81. The molecule has 2 aliphatic rings. The molecule has 0 aromatic heterocycles. The number of likely N-dealkylation sites (N-methyl/N-ethyl adjacent to an activating group) is 1. The van der Waals surface area contributed by atoms with Crippen LogP contribution in [0.4, 0.5) is 5.69 Å². The van der Waals surface area contributed by atoms with Crippen LogP contribution >= 0.6 is 0 Å². The number of carbonyl (C=O) groups is 2. The molecule has 0 fully saturated rings. The Morgan fingerprint density at radius 2 is 2.00 bits per heavy atom. The summed E-state index contributed by atoms with van der Waals surface area (Å²) in [5.41, 5.74) is 2.10. The normalized spacial score (nSPS) is 15.1. The fraction of sp³-hybridized carbons (Fsp3) is 0.300. The summed E-state index contributed by atoms with van der Waals surface area (Å²) in [4.78, 5) is 26.2. The van der Waals surface area contributed by atoms with Crippen LogP contribution in [0.15, 0.2) is 36.4 Å². The van der Waals surface area contributed by atoms with E-state index >= 15 is 0 Å². The molecule has 0 saturated heterocycles. The van der Waals surface area contributed by atoms with Gasteiger partial charge in [0.15, 0.2) is 18.1 Å². The van der Waals surface area contributed by atoms with Crippen molar-refractivity contribution in [3.63, 3.8) is 0 Å². The number of hydrogen-bond acceptors (Lipinski definition) is 5. The van der Waals surface area contributed by atoms with Crippen molar-refractivity contribution in [3.05, 3.63) is 47.5 Å². The fourth-order valence-electron chi connectivity index (χ4n) is 3.21. The number of fused-ring (bicyclic) bond motifs is 2. The summed E-state index contributed by atoms with van der Waals surface area (Å²) in [6.07, 6.45) is 0.706. The van der Waals surface area contributed by atoms with Gasteiger partial charge in [-0.15, -0.1) is 0 Å². The van der Waals surface area contributed by atoms with E-state index in [0.29, 0.717) is 54.7 Å². The van der Waals surface area contributed by atoms with Crippen LogP contribution in [-0.4, -0.2) is 50.1 Å². The Morgan fingerprint density at radius 1 is 1.19 bits per heavy atom. The molecule has 0 radical (unpaired) electrons. The van der Waals surface area contributed by atoms with Crippen LogP contribution in [0, 0.1) is 0 Å². The molecular weight excluding hydrogens is 348 g/mol. The molecule has 0 atom stereocenters. The molecule has 4 rings (SSSR count). The van der Waals surface area contributed by atoms with Crippen LogP contribution in [0.5, 0.6) is 17.2 Å². The zero-order valence-corrected chi connectivity index (χ0v) is 15.0. The number of ether oxygens (including phenoxy) is 3. The predicted octanol–water partition coefficient (Wildman–Crippen LogP) is 2.10. The fourth-order valence-corrected chi connectivity index (χ4v) is 3.21. The minimum Gasteiger partial charge on any atom is -0.486 e. The molecule has 0 saturated carbocycles. The maximum absolute atomic E-state index is 12.3. The van der Waals surface area contributed by atoms with E-state index in [1.807, 2.05) is 0 Å². The molecule has 0 unspecified atom stereocenters. The quantitative estimate of drug-likeness (QED) is 0.894. The summed E-state index contributed by atoms with van der Waals surface area (Å²) in [7, 11) is 1.78. The van der Waals surface area contributed by atoms with Gasteiger partial charge >= 0.3 is 0 Å². The summed E-state index contributed by atoms with van der Waals surface area (Å²) in [5.74, 6) is 1.54. The molecule has 1 N–H and O–H groups in total. The summed E-state index contributed by atoms with van der Waals surface area (Å²) < 4.78 is 16.7. The SMILES string of the molecule is CN1CCc2c(OCC(=O)Nc3ccc4c(c3)OCCO4)cccc2C1=O. The molecule has 2 aliphatic heterocycles. The molecule has 140 valence electrons. The van der Waals surface area contributed by atoms with Gasteiger partial charge in [-0.3, -0.25) is 9.59 Å². The average molecular weight is 368 g/mol. The number of amides is 2. The monoisotopic (exact) mass is 368 g/mol. The van der Waals surface area contributed by atoms with Crippen molar-refractivity contribution < 1.29 is 23.8 Å². The Bertz CT molecular complexity index is 896. The molecule has 2 heterocycles. The highest BCUT2D eigenvalue weighted by Gasteiger charge is 2.24. The van der Waals surface area contributed by atoms with E-state index in [1.54, 1.807) is 48.3 Å². The predicted molar refractivity (Wildman–Crippen MR) is 98.7 cm³/mol. The second-order valence-corrected chi connectivity index (χ2v) is 6.45. The van der Waals surface area contributed by atoms with Gasteiger partial charge in [-0.1, -0.05) is 6.07 Å². The first-order chi connectivity index (χ1) is 13.1. The highest BCUT2D eigenvalue weighted by molar-refractivity contribution is 5.97. The first kappa shape index (κ1) is 17.2. The Morgan fingerprint density at radius 3 is 2.85 bits per heavy atom. The van der Waals surface area contributed by atoms with E-state index in [9.17, 15) is 9.59 Å². The van der Waals surface area contributed by atoms with E-state index in [1.165, 1.54) is 0 Å². The second kappa shape index (κ2) is 7.19. The molecule has 2 aromatic carbocycles. The molecule has 27 heavy (non-hydrogen) atoms. The van der Waals surface area contributed by atoms with Crippen LogP contribution in [0.3, 0.4) is 0 Å². The van der Waals surface area contributed by atoms with Gasteiger partial charge < -0.3 is 24.4 Å².